The number of imide groups is 1. The van der Waals surface area contributed by atoms with Gasteiger partial charge in [-0.2, -0.15) is 0 Å². The zero-order valence-corrected chi connectivity index (χ0v) is 18.9. The third-order valence-corrected chi connectivity index (χ3v) is 6.19. The summed E-state index contributed by atoms with van der Waals surface area (Å²) < 4.78 is 0. The van der Waals surface area contributed by atoms with Gasteiger partial charge in [-0.3, -0.25) is 14.5 Å². The molecule has 1 heterocycles. The minimum absolute atomic E-state index is 0.142. The molecule has 0 saturated carbocycles. The minimum atomic E-state index is -0.168. The Labute approximate surface area is 178 Å². The Hall–Kier alpha value is -1.26. The summed E-state index contributed by atoms with van der Waals surface area (Å²) in [7, 11) is 0. The molecule has 0 unspecified atom stereocenters. The molecule has 1 aliphatic rings. The highest BCUT2D eigenvalue weighted by Gasteiger charge is 2.39. The topological polar surface area (TPSA) is 37.4 Å². The zero-order valence-electron chi connectivity index (χ0n) is 17.3. The van der Waals surface area contributed by atoms with E-state index in [-0.39, 0.29) is 17.1 Å². The number of benzene rings is 1. The highest BCUT2D eigenvalue weighted by Crippen LogP contribution is 2.38. The number of carbonyl (C=O) groups is 2. The van der Waals surface area contributed by atoms with Crippen LogP contribution in [-0.4, -0.2) is 28.5 Å². The highest BCUT2D eigenvalue weighted by atomic mass is 35.5. The largest absolute Gasteiger partial charge is 0.274 e. The minimum Gasteiger partial charge on any atom is -0.274 e. The molecule has 0 saturated heterocycles. The van der Waals surface area contributed by atoms with Crippen molar-refractivity contribution in [2.45, 2.75) is 77.4 Å². The Morgan fingerprint density at radius 1 is 0.893 bits per heavy atom. The van der Waals surface area contributed by atoms with E-state index in [1.165, 1.54) is 55.2 Å². The van der Waals surface area contributed by atoms with Crippen LogP contribution in [0.5, 0.6) is 0 Å². The molecular formula is C23H32ClNO2S. The van der Waals surface area contributed by atoms with Crippen molar-refractivity contribution in [3.8, 4) is 0 Å². The number of halogens is 1. The normalized spacial score (nSPS) is 14.7. The molecule has 1 aromatic carbocycles. The standard InChI is InChI=1S/C23H32ClNO2S/c1-4-5-6-7-8-9-10-11-16-25-22(26)20(18-12-14-19(24)15-13-18)21(23(25)27)28-17(2)3/h12-15,17H,4-11,16H2,1-3H3. The first-order valence-electron chi connectivity index (χ1n) is 10.5. The summed E-state index contributed by atoms with van der Waals surface area (Å²) in [5.41, 5.74) is 1.30. The van der Waals surface area contributed by atoms with Crippen LogP contribution < -0.4 is 0 Å². The first-order chi connectivity index (χ1) is 13.5. The fraction of sp³-hybridized carbons (Fsp3) is 0.565. The molecule has 0 N–H and O–H groups in total. The summed E-state index contributed by atoms with van der Waals surface area (Å²) >= 11 is 7.46. The summed E-state index contributed by atoms with van der Waals surface area (Å²) in [6, 6.07) is 7.17. The van der Waals surface area contributed by atoms with Crippen LogP contribution in [0.3, 0.4) is 0 Å². The average Bonchev–Trinajstić information content (AvgIpc) is 2.88. The van der Waals surface area contributed by atoms with Gasteiger partial charge in [0.05, 0.1) is 10.5 Å². The van der Waals surface area contributed by atoms with Gasteiger partial charge >= 0.3 is 0 Å². The van der Waals surface area contributed by atoms with Gasteiger partial charge in [0.15, 0.2) is 0 Å². The van der Waals surface area contributed by atoms with Crippen LogP contribution in [0.25, 0.3) is 5.57 Å². The average molecular weight is 422 g/mol. The Bertz CT molecular complexity index is 697. The number of hydrogen-bond donors (Lipinski definition) is 0. The van der Waals surface area contributed by atoms with Crippen LogP contribution in [0.1, 0.15) is 77.7 Å². The van der Waals surface area contributed by atoms with Crippen molar-refractivity contribution in [3.05, 3.63) is 39.8 Å². The second-order valence-electron chi connectivity index (χ2n) is 7.61. The third kappa shape index (κ3) is 6.38. The molecule has 0 aromatic heterocycles. The SMILES string of the molecule is CCCCCCCCCCN1C(=O)C(SC(C)C)=C(c2ccc(Cl)cc2)C1=O. The Morgan fingerprint density at radius 2 is 1.46 bits per heavy atom. The van der Waals surface area contributed by atoms with Crippen molar-refractivity contribution in [2.75, 3.05) is 6.54 Å². The van der Waals surface area contributed by atoms with E-state index in [4.69, 9.17) is 11.6 Å². The molecule has 5 heteroatoms. The number of hydrogen-bond acceptors (Lipinski definition) is 3. The second-order valence-corrected chi connectivity index (χ2v) is 9.64. The quantitative estimate of drug-likeness (QED) is 0.278. The molecule has 154 valence electrons. The van der Waals surface area contributed by atoms with Gasteiger partial charge in [0.1, 0.15) is 0 Å². The van der Waals surface area contributed by atoms with E-state index >= 15 is 0 Å². The van der Waals surface area contributed by atoms with Gasteiger partial charge in [0.2, 0.25) is 0 Å². The van der Waals surface area contributed by atoms with Crippen molar-refractivity contribution in [1.29, 1.82) is 0 Å². The first kappa shape index (κ1) is 23.0. The van der Waals surface area contributed by atoms with Crippen LogP contribution in [0, 0.1) is 0 Å². The maximum absolute atomic E-state index is 13.0. The molecule has 2 rings (SSSR count). The fourth-order valence-electron chi connectivity index (χ4n) is 3.38. The number of amides is 2. The molecule has 0 bridgehead atoms. The van der Waals surface area contributed by atoms with Crippen molar-refractivity contribution in [1.82, 2.24) is 4.90 Å². The zero-order chi connectivity index (χ0) is 20.5. The van der Waals surface area contributed by atoms with Gasteiger partial charge in [-0.1, -0.05) is 89.5 Å². The summed E-state index contributed by atoms with van der Waals surface area (Å²) in [4.78, 5) is 28.0. The molecule has 28 heavy (non-hydrogen) atoms. The first-order valence-corrected chi connectivity index (χ1v) is 11.7. The van der Waals surface area contributed by atoms with E-state index in [0.29, 0.717) is 22.0 Å². The summed E-state index contributed by atoms with van der Waals surface area (Å²) in [6.07, 6.45) is 9.52. The predicted octanol–water partition coefficient (Wildman–Crippen LogP) is 6.70. The van der Waals surface area contributed by atoms with Crippen LogP contribution in [-0.2, 0) is 9.59 Å². The van der Waals surface area contributed by atoms with Crippen molar-refractivity contribution in [3.63, 3.8) is 0 Å². The summed E-state index contributed by atoms with van der Waals surface area (Å²) in [6.45, 7) is 6.81. The molecule has 0 spiro atoms. The molecule has 3 nitrogen and oxygen atoms in total. The summed E-state index contributed by atoms with van der Waals surface area (Å²) in [5.74, 6) is -0.310. The molecule has 1 aliphatic heterocycles. The van der Waals surface area contributed by atoms with E-state index in [0.717, 1.165) is 18.4 Å². The lowest BCUT2D eigenvalue weighted by Gasteiger charge is -2.15. The molecule has 0 fully saturated rings. The maximum atomic E-state index is 13.0. The number of unbranched alkanes of at least 4 members (excludes halogenated alkanes) is 7. The Balaban J connectivity index is 1.98. The van der Waals surface area contributed by atoms with Gasteiger partial charge < -0.3 is 0 Å². The third-order valence-electron chi connectivity index (χ3n) is 4.85. The van der Waals surface area contributed by atoms with Gasteiger partial charge in [0, 0.05) is 16.8 Å². The second kappa shape index (κ2) is 11.7. The van der Waals surface area contributed by atoms with Gasteiger partial charge in [-0.25, -0.2) is 0 Å². The van der Waals surface area contributed by atoms with E-state index in [2.05, 4.69) is 6.92 Å². The van der Waals surface area contributed by atoms with Crippen molar-refractivity contribution in [2.24, 2.45) is 0 Å². The number of thioether (sulfide) groups is 1. The number of nitrogens with zero attached hydrogens (tertiary/aromatic N) is 1. The monoisotopic (exact) mass is 421 g/mol. The van der Waals surface area contributed by atoms with Crippen molar-refractivity contribution < 1.29 is 9.59 Å². The molecule has 0 aliphatic carbocycles. The van der Waals surface area contributed by atoms with Gasteiger partial charge in [-0.05, 0) is 24.1 Å². The van der Waals surface area contributed by atoms with E-state index in [9.17, 15) is 9.59 Å². The van der Waals surface area contributed by atoms with E-state index in [1.807, 2.05) is 26.0 Å². The van der Waals surface area contributed by atoms with E-state index < -0.39 is 0 Å². The molecule has 1 aromatic rings. The van der Waals surface area contributed by atoms with Gasteiger partial charge in [-0.15, -0.1) is 11.8 Å². The Kier molecular flexibility index (Phi) is 9.60. The Morgan fingerprint density at radius 3 is 2.04 bits per heavy atom. The van der Waals surface area contributed by atoms with Crippen LogP contribution in [0.15, 0.2) is 29.2 Å². The van der Waals surface area contributed by atoms with Crippen LogP contribution in [0.2, 0.25) is 5.02 Å². The predicted molar refractivity (Wildman–Crippen MR) is 120 cm³/mol. The van der Waals surface area contributed by atoms with Gasteiger partial charge in [0.25, 0.3) is 11.8 Å². The van der Waals surface area contributed by atoms with Crippen molar-refractivity contribution >= 4 is 40.8 Å². The molecule has 0 atom stereocenters. The molecule has 0 radical (unpaired) electrons. The number of carbonyl (C=O) groups excluding carboxylic acids is 2. The van der Waals surface area contributed by atoms with Crippen LogP contribution >= 0.6 is 23.4 Å². The summed E-state index contributed by atoms with van der Waals surface area (Å²) in [5, 5.41) is 0.854. The fourth-order valence-corrected chi connectivity index (χ4v) is 4.51. The lowest BCUT2D eigenvalue weighted by molar-refractivity contribution is -0.136. The highest BCUT2D eigenvalue weighted by molar-refractivity contribution is 8.04. The molecule has 2 amide bonds. The van der Waals surface area contributed by atoms with E-state index in [1.54, 1.807) is 12.1 Å². The molecular weight excluding hydrogens is 390 g/mol. The smallest absolute Gasteiger partial charge is 0.267 e. The lowest BCUT2D eigenvalue weighted by atomic mass is 10.1. The van der Waals surface area contributed by atoms with Crippen LogP contribution in [0.4, 0.5) is 0 Å². The number of rotatable bonds is 12. The lowest BCUT2D eigenvalue weighted by Crippen LogP contribution is -2.32. The maximum Gasteiger partial charge on any atom is 0.267 e.